The van der Waals surface area contributed by atoms with Crippen LogP contribution in [0.3, 0.4) is 0 Å². The molecule has 5 nitrogen and oxygen atoms in total. The molecule has 2 rings (SSSR count). The number of thiazole rings is 1. The van der Waals surface area contributed by atoms with Crippen LogP contribution < -0.4 is 5.32 Å². The third-order valence-electron chi connectivity index (χ3n) is 2.39. The van der Waals surface area contributed by atoms with E-state index in [-0.39, 0.29) is 17.2 Å². The summed E-state index contributed by atoms with van der Waals surface area (Å²) in [5.41, 5.74) is 0.457. The Morgan fingerprint density at radius 2 is 2.26 bits per heavy atom. The molecule has 2 heterocycles. The summed E-state index contributed by atoms with van der Waals surface area (Å²) < 4.78 is 0. The van der Waals surface area contributed by atoms with Crippen molar-refractivity contribution in [1.82, 2.24) is 10.3 Å². The van der Waals surface area contributed by atoms with Gasteiger partial charge >= 0.3 is 5.97 Å². The van der Waals surface area contributed by atoms with Crippen molar-refractivity contribution < 1.29 is 14.7 Å². The zero-order chi connectivity index (χ0) is 13.8. The predicted molar refractivity (Wildman–Crippen MR) is 73.7 cm³/mol. The number of amides is 1. The molecule has 0 aliphatic carbocycles. The number of nitrogens with one attached hydrogen (secondary N) is 1. The van der Waals surface area contributed by atoms with E-state index in [1.165, 1.54) is 0 Å². The molecule has 0 radical (unpaired) electrons. The van der Waals surface area contributed by atoms with Gasteiger partial charge in [0.2, 0.25) is 5.91 Å². The minimum absolute atomic E-state index is 0.115. The third kappa shape index (κ3) is 3.62. The Balaban J connectivity index is 1.91. The number of aromatic carboxylic acids is 1. The smallest absolute Gasteiger partial charge is 0.347 e. The van der Waals surface area contributed by atoms with Crippen LogP contribution in [-0.4, -0.2) is 22.0 Å². The van der Waals surface area contributed by atoms with Crippen molar-refractivity contribution in [2.75, 3.05) is 0 Å². The number of hydrogen-bond donors (Lipinski definition) is 2. The highest BCUT2D eigenvalue weighted by atomic mass is 32.1. The summed E-state index contributed by atoms with van der Waals surface area (Å²) in [6.45, 7) is 2.12. The molecule has 0 saturated carbocycles. The van der Waals surface area contributed by atoms with Crippen LogP contribution in [-0.2, 0) is 17.8 Å². The van der Waals surface area contributed by atoms with E-state index in [9.17, 15) is 9.59 Å². The third-order valence-corrected chi connectivity index (χ3v) is 4.41. The molecule has 0 bridgehead atoms. The number of nitrogens with zero attached hydrogens (tertiary/aromatic N) is 1. The van der Waals surface area contributed by atoms with Gasteiger partial charge in [0, 0.05) is 4.88 Å². The summed E-state index contributed by atoms with van der Waals surface area (Å²) in [6.07, 6.45) is 0.115. The first kappa shape index (κ1) is 13.7. The Bertz CT molecular complexity index is 590. The highest BCUT2D eigenvalue weighted by Crippen LogP contribution is 2.18. The van der Waals surface area contributed by atoms with E-state index >= 15 is 0 Å². The topological polar surface area (TPSA) is 79.3 Å². The summed E-state index contributed by atoms with van der Waals surface area (Å²) in [4.78, 5) is 28.0. The Hall–Kier alpha value is -1.73. The van der Waals surface area contributed by atoms with Gasteiger partial charge in [-0.05, 0) is 18.4 Å². The second-order valence-electron chi connectivity index (χ2n) is 3.86. The predicted octanol–water partition coefficient (Wildman–Crippen LogP) is 2.07. The van der Waals surface area contributed by atoms with Gasteiger partial charge in [-0.1, -0.05) is 6.07 Å². The van der Waals surface area contributed by atoms with Crippen LogP contribution in [0.4, 0.5) is 0 Å². The fourth-order valence-corrected chi connectivity index (χ4v) is 3.07. The van der Waals surface area contributed by atoms with Gasteiger partial charge < -0.3 is 10.4 Å². The van der Waals surface area contributed by atoms with Crippen molar-refractivity contribution in [3.8, 4) is 0 Å². The number of carbonyl (C=O) groups is 2. The Kier molecular flexibility index (Phi) is 4.28. The molecule has 0 spiro atoms. The van der Waals surface area contributed by atoms with Crippen molar-refractivity contribution >= 4 is 34.6 Å². The number of rotatable bonds is 5. The maximum atomic E-state index is 11.7. The van der Waals surface area contributed by atoms with Crippen LogP contribution in [0.25, 0.3) is 0 Å². The molecule has 2 N–H and O–H groups in total. The summed E-state index contributed by atoms with van der Waals surface area (Å²) in [6, 6.07) is 3.87. The lowest BCUT2D eigenvalue weighted by Gasteiger charge is -2.01. The van der Waals surface area contributed by atoms with E-state index in [0.29, 0.717) is 17.2 Å². The van der Waals surface area contributed by atoms with E-state index in [2.05, 4.69) is 10.3 Å². The minimum Gasteiger partial charge on any atom is -0.477 e. The van der Waals surface area contributed by atoms with E-state index in [1.54, 1.807) is 18.3 Å². The molecule has 0 aliphatic rings. The van der Waals surface area contributed by atoms with Crippen molar-refractivity contribution in [1.29, 1.82) is 0 Å². The number of hydrogen-bond acceptors (Lipinski definition) is 5. The Labute approximate surface area is 117 Å². The van der Waals surface area contributed by atoms with Crippen LogP contribution in [0.2, 0.25) is 0 Å². The SMILES string of the molecule is Cc1nc(CC(=O)NCc2cccs2)sc1C(=O)O. The molecule has 0 aliphatic heterocycles. The maximum absolute atomic E-state index is 11.7. The summed E-state index contributed by atoms with van der Waals surface area (Å²) in [5.74, 6) is -1.15. The largest absolute Gasteiger partial charge is 0.477 e. The quantitative estimate of drug-likeness (QED) is 0.885. The number of aryl methyl sites for hydroxylation is 1. The second-order valence-corrected chi connectivity index (χ2v) is 5.98. The molecule has 1 amide bonds. The van der Waals surface area contributed by atoms with Crippen molar-refractivity contribution in [2.45, 2.75) is 19.9 Å². The van der Waals surface area contributed by atoms with E-state index in [0.717, 1.165) is 16.2 Å². The average Bonchev–Trinajstić information content (AvgIpc) is 2.96. The standard InChI is InChI=1S/C12H12N2O3S2/c1-7-11(12(16)17)19-10(14-7)5-9(15)13-6-8-3-2-4-18-8/h2-4H,5-6H2,1H3,(H,13,15)(H,16,17). The van der Waals surface area contributed by atoms with E-state index < -0.39 is 5.97 Å². The number of thiophene rings is 1. The lowest BCUT2D eigenvalue weighted by molar-refractivity contribution is -0.120. The van der Waals surface area contributed by atoms with Gasteiger partial charge in [0.1, 0.15) is 9.88 Å². The van der Waals surface area contributed by atoms with Crippen LogP contribution in [0.15, 0.2) is 17.5 Å². The van der Waals surface area contributed by atoms with Gasteiger partial charge in [0.25, 0.3) is 0 Å². The fraction of sp³-hybridized carbons (Fsp3) is 0.250. The highest BCUT2D eigenvalue weighted by Gasteiger charge is 2.15. The number of aromatic nitrogens is 1. The van der Waals surface area contributed by atoms with Gasteiger partial charge in [-0.3, -0.25) is 4.79 Å². The molecule has 0 aromatic carbocycles. The maximum Gasteiger partial charge on any atom is 0.347 e. The van der Waals surface area contributed by atoms with Crippen molar-refractivity contribution in [3.05, 3.63) is 38.0 Å². The molecule has 0 unspecified atom stereocenters. The van der Waals surface area contributed by atoms with Crippen molar-refractivity contribution in [3.63, 3.8) is 0 Å². The van der Waals surface area contributed by atoms with E-state index in [4.69, 9.17) is 5.11 Å². The van der Waals surface area contributed by atoms with Gasteiger partial charge in [0.05, 0.1) is 18.7 Å². The Morgan fingerprint density at radius 3 is 2.84 bits per heavy atom. The normalized spacial score (nSPS) is 10.4. The zero-order valence-electron chi connectivity index (χ0n) is 10.2. The van der Waals surface area contributed by atoms with Crippen LogP contribution in [0.1, 0.15) is 25.3 Å². The molecule has 0 saturated heterocycles. The first-order chi connectivity index (χ1) is 9.06. The molecular formula is C12H12N2O3S2. The molecule has 2 aromatic heterocycles. The number of carbonyl (C=O) groups excluding carboxylic acids is 1. The molecule has 100 valence electrons. The summed E-state index contributed by atoms with van der Waals surface area (Å²) in [7, 11) is 0. The summed E-state index contributed by atoms with van der Waals surface area (Å²) >= 11 is 2.63. The molecule has 0 atom stereocenters. The van der Waals surface area contributed by atoms with Crippen molar-refractivity contribution in [2.24, 2.45) is 0 Å². The lowest BCUT2D eigenvalue weighted by atomic mass is 10.4. The Morgan fingerprint density at radius 1 is 1.47 bits per heavy atom. The molecule has 2 aromatic rings. The number of carboxylic acids is 1. The monoisotopic (exact) mass is 296 g/mol. The van der Waals surface area contributed by atoms with Crippen LogP contribution in [0.5, 0.6) is 0 Å². The molecular weight excluding hydrogens is 284 g/mol. The fourth-order valence-electron chi connectivity index (χ4n) is 1.53. The first-order valence-electron chi connectivity index (χ1n) is 5.55. The van der Waals surface area contributed by atoms with Gasteiger partial charge in [0.15, 0.2) is 0 Å². The molecule has 7 heteroatoms. The minimum atomic E-state index is -1.000. The van der Waals surface area contributed by atoms with Crippen LogP contribution >= 0.6 is 22.7 Å². The number of carboxylic acid groups (broad SMARTS) is 1. The highest BCUT2D eigenvalue weighted by molar-refractivity contribution is 7.13. The average molecular weight is 296 g/mol. The lowest BCUT2D eigenvalue weighted by Crippen LogP contribution is -2.24. The zero-order valence-corrected chi connectivity index (χ0v) is 11.8. The first-order valence-corrected chi connectivity index (χ1v) is 7.24. The van der Waals surface area contributed by atoms with Gasteiger partial charge in [-0.25, -0.2) is 9.78 Å². The van der Waals surface area contributed by atoms with Gasteiger partial charge in [-0.2, -0.15) is 0 Å². The molecule has 19 heavy (non-hydrogen) atoms. The van der Waals surface area contributed by atoms with Gasteiger partial charge in [-0.15, -0.1) is 22.7 Å². The van der Waals surface area contributed by atoms with E-state index in [1.807, 2.05) is 17.5 Å². The molecule has 0 fully saturated rings. The van der Waals surface area contributed by atoms with Crippen LogP contribution in [0, 0.1) is 6.92 Å². The summed E-state index contributed by atoms with van der Waals surface area (Å²) in [5, 5.41) is 14.2. The second kappa shape index (κ2) is 5.94.